The Morgan fingerprint density at radius 2 is 1.90 bits per heavy atom. The summed E-state index contributed by atoms with van der Waals surface area (Å²) in [6, 6.07) is 10.2. The first-order valence-electron chi connectivity index (χ1n) is 7.99. The molecule has 3 nitrogen and oxygen atoms in total. The summed E-state index contributed by atoms with van der Waals surface area (Å²) in [5, 5.41) is 0. The van der Waals surface area contributed by atoms with Crippen molar-refractivity contribution in [3.8, 4) is 0 Å². The Labute approximate surface area is 127 Å². The fraction of sp³-hybridized carbons (Fsp3) is 0.500. The van der Waals surface area contributed by atoms with Crippen molar-refractivity contribution in [3.05, 3.63) is 54.1 Å². The van der Waals surface area contributed by atoms with Gasteiger partial charge < -0.3 is 10.3 Å². The van der Waals surface area contributed by atoms with Crippen LogP contribution in [0.25, 0.3) is 0 Å². The molecule has 0 radical (unpaired) electrons. The van der Waals surface area contributed by atoms with Crippen LogP contribution in [0.3, 0.4) is 0 Å². The van der Waals surface area contributed by atoms with Gasteiger partial charge in [0.1, 0.15) is 0 Å². The van der Waals surface area contributed by atoms with Gasteiger partial charge in [-0.25, -0.2) is 4.98 Å². The predicted octanol–water partition coefficient (Wildman–Crippen LogP) is 3.90. The first kappa shape index (κ1) is 14.3. The lowest BCUT2D eigenvalue weighted by atomic mass is 9.75. The quantitative estimate of drug-likeness (QED) is 0.924. The Morgan fingerprint density at radius 3 is 2.62 bits per heavy atom. The van der Waals surface area contributed by atoms with Crippen LogP contribution in [-0.2, 0) is 6.54 Å². The second-order valence-corrected chi connectivity index (χ2v) is 6.71. The van der Waals surface area contributed by atoms with E-state index >= 15 is 0 Å². The van der Waals surface area contributed by atoms with Crippen LogP contribution in [0.2, 0.25) is 0 Å². The molecule has 0 spiro atoms. The van der Waals surface area contributed by atoms with Crippen LogP contribution in [-0.4, -0.2) is 9.55 Å². The molecule has 21 heavy (non-hydrogen) atoms. The Hall–Kier alpha value is -1.61. The normalized spacial score (nSPS) is 19.3. The first-order chi connectivity index (χ1) is 10.2. The minimum absolute atomic E-state index is 0.0964. The molecular weight excluding hydrogens is 258 g/mol. The maximum atomic E-state index is 6.45. The smallest absolute Gasteiger partial charge is 0.0948 e. The van der Waals surface area contributed by atoms with Gasteiger partial charge in [0.15, 0.2) is 0 Å². The lowest BCUT2D eigenvalue weighted by Crippen LogP contribution is -2.28. The lowest BCUT2D eigenvalue weighted by molar-refractivity contribution is 0.181. The number of aromatic nitrogens is 2. The van der Waals surface area contributed by atoms with Crippen LogP contribution in [0.5, 0.6) is 0 Å². The maximum absolute atomic E-state index is 6.45. The van der Waals surface area contributed by atoms with E-state index < -0.39 is 0 Å². The topological polar surface area (TPSA) is 43.8 Å². The first-order valence-corrected chi connectivity index (χ1v) is 7.99. The van der Waals surface area contributed by atoms with E-state index in [4.69, 9.17) is 5.73 Å². The molecule has 1 saturated carbocycles. The van der Waals surface area contributed by atoms with Gasteiger partial charge in [-0.1, -0.05) is 56.5 Å². The molecule has 1 aliphatic rings. The molecule has 2 aromatic rings. The third kappa shape index (κ3) is 3.18. The zero-order chi connectivity index (χ0) is 14.7. The van der Waals surface area contributed by atoms with Crippen molar-refractivity contribution in [3.63, 3.8) is 0 Å². The molecule has 1 unspecified atom stereocenters. The highest BCUT2D eigenvalue weighted by Gasteiger charge is 2.28. The van der Waals surface area contributed by atoms with Crippen molar-refractivity contribution in [2.75, 3.05) is 0 Å². The highest BCUT2D eigenvalue weighted by molar-refractivity contribution is 5.26. The van der Waals surface area contributed by atoms with Crippen molar-refractivity contribution in [2.45, 2.75) is 51.6 Å². The van der Waals surface area contributed by atoms with Crippen molar-refractivity contribution in [1.29, 1.82) is 0 Å². The fourth-order valence-electron chi connectivity index (χ4n) is 3.53. The Bertz CT molecular complexity index is 567. The summed E-state index contributed by atoms with van der Waals surface area (Å²) >= 11 is 0. The molecule has 112 valence electrons. The largest absolute Gasteiger partial charge is 0.332 e. The molecule has 1 fully saturated rings. The molecule has 1 aromatic carbocycles. The number of benzene rings is 1. The van der Waals surface area contributed by atoms with Crippen LogP contribution in [0.15, 0.2) is 42.9 Å². The predicted molar refractivity (Wildman–Crippen MR) is 85.9 cm³/mol. The average Bonchev–Trinajstić information content (AvgIpc) is 2.95. The lowest BCUT2D eigenvalue weighted by Gasteiger charge is -2.34. The highest BCUT2D eigenvalue weighted by atomic mass is 15.1. The van der Waals surface area contributed by atoms with Gasteiger partial charge in [-0.3, -0.25) is 0 Å². The SMILES string of the molecule is CC1(Cn2cncc2C(N)c2ccccc2)CCCCC1. The van der Waals surface area contributed by atoms with Crippen molar-refractivity contribution >= 4 is 0 Å². The molecule has 0 saturated heterocycles. The molecule has 3 heteroatoms. The Kier molecular flexibility index (Phi) is 4.11. The van der Waals surface area contributed by atoms with Crippen molar-refractivity contribution in [2.24, 2.45) is 11.1 Å². The maximum Gasteiger partial charge on any atom is 0.0948 e. The number of hydrogen-bond donors (Lipinski definition) is 1. The van der Waals surface area contributed by atoms with Gasteiger partial charge in [0.2, 0.25) is 0 Å². The molecule has 1 aromatic heterocycles. The summed E-state index contributed by atoms with van der Waals surface area (Å²) in [5.74, 6) is 0. The van der Waals surface area contributed by atoms with Crippen LogP contribution in [0, 0.1) is 5.41 Å². The van der Waals surface area contributed by atoms with E-state index in [9.17, 15) is 0 Å². The van der Waals surface area contributed by atoms with E-state index in [0.717, 1.165) is 17.8 Å². The Balaban J connectivity index is 1.81. The number of rotatable bonds is 4. The zero-order valence-corrected chi connectivity index (χ0v) is 12.8. The van der Waals surface area contributed by atoms with Crippen molar-refractivity contribution in [1.82, 2.24) is 9.55 Å². The summed E-state index contributed by atoms with van der Waals surface area (Å²) in [6.45, 7) is 3.44. The monoisotopic (exact) mass is 283 g/mol. The van der Waals surface area contributed by atoms with Gasteiger partial charge in [-0.15, -0.1) is 0 Å². The summed E-state index contributed by atoms with van der Waals surface area (Å²) < 4.78 is 2.27. The van der Waals surface area contributed by atoms with Gasteiger partial charge in [0.25, 0.3) is 0 Å². The molecule has 1 aliphatic carbocycles. The molecule has 1 atom stereocenters. The van der Waals surface area contributed by atoms with Crippen LogP contribution < -0.4 is 5.73 Å². The van der Waals surface area contributed by atoms with Gasteiger partial charge in [0.05, 0.1) is 24.3 Å². The van der Waals surface area contributed by atoms with E-state index in [1.54, 1.807) is 0 Å². The number of hydrogen-bond acceptors (Lipinski definition) is 2. The second kappa shape index (κ2) is 6.02. The zero-order valence-electron chi connectivity index (χ0n) is 12.8. The third-order valence-electron chi connectivity index (χ3n) is 4.83. The summed E-state index contributed by atoms with van der Waals surface area (Å²) in [4.78, 5) is 4.35. The highest BCUT2D eigenvalue weighted by Crippen LogP contribution is 2.37. The summed E-state index contributed by atoms with van der Waals surface area (Å²) in [5.41, 5.74) is 9.11. The van der Waals surface area contributed by atoms with Gasteiger partial charge in [-0.05, 0) is 23.8 Å². The Morgan fingerprint density at radius 1 is 1.19 bits per heavy atom. The van der Waals surface area contributed by atoms with Crippen LogP contribution in [0.1, 0.15) is 56.3 Å². The van der Waals surface area contributed by atoms with Gasteiger partial charge in [0, 0.05) is 6.54 Å². The van der Waals surface area contributed by atoms with Crippen LogP contribution >= 0.6 is 0 Å². The van der Waals surface area contributed by atoms with E-state index in [2.05, 4.69) is 28.6 Å². The second-order valence-electron chi connectivity index (χ2n) is 6.71. The minimum Gasteiger partial charge on any atom is -0.332 e. The molecule has 0 amide bonds. The van der Waals surface area contributed by atoms with Gasteiger partial charge >= 0.3 is 0 Å². The molecule has 3 rings (SSSR count). The molecule has 2 N–H and O–H groups in total. The summed E-state index contributed by atoms with van der Waals surface area (Å²) in [6.07, 6.45) is 10.6. The van der Waals surface area contributed by atoms with E-state index in [0.29, 0.717) is 5.41 Å². The number of nitrogens with zero attached hydrogens (tertiary/aromatic N) is 2. The standard InChI is InChI=1S/C18H25N3/c1-18(10-6-3-7-11-18)13-21-14-20-12-16(21)17(19)15-8-4-2-5-9-15/h2,4-5,8-9,12,14,17H,3,6-7,10-11,13,19H2,1H3. The molecule has 0 bridgehead atoms. The molecule has 0 aliphatic heterocycles. The molecule has 1 heterocycles. The fourth-order valence-corrected chi connectivity index (χ4v) is 3.53. The number of imidazole rings is 1. The minimum atomic E-state index is -0.0964. The third-order valence-corrected chi connectivity index (χ3v) is 4.83. The van der Waals surface area contributed by atoms with Crippen molar-refractivity contribution < 1.29 is 0 Å². The van der Waals surface area contributed by atoms with Crippen LogP contribution in [0.4, 0.5) is 0 Å². The number of nitrogens with two attached hydrogens (primary N) is 1. The van der Waals surface area contributed by atoms with Gasteiger partial charge in [-0.2, -0.15) is 0 Å². The van der Waals surface area contributed by atoms with E-state index in [1.165, 1.54) is 32.1 Å². The molecular formula is C18H25N3. The van der Waals surface area contributed by atoms with E-state index in [-0.39, 0.29) is 6.04 Å². The average molecular weight is 283 g/mol. The summed E-state index contributed by atoms with van der Waals surface area (Å²) in [7, 11) is 0. The van der Waals surface area contributed by atoms with E-state index in [1.807, 2.05) is 30.7 Å².